The Morgan fingerprint density at radius 3 is 3.21 bits per heavy atom. The van der Waals surface area contributed by atoms with Crippen LogP contribution >= 0.6 is 0 Å². The van der Waals surface area contributed by atoms with Crippen LogP contribution in [0.15, 0.2) is 18.2 Å². The van der Waals surface area contributed by atoms with Gasteiger partial charge in [-0.25, -0.2) is 4.98 Å². The van der Waals surface area contributed by atoms with Gasteiger partial charge in [0.05, 0.1) is 25.5 Å². The molecule has 1 unspecified atom stereocenters. The van der Waals surface area contributed by atoms with Crippen LogP contribution < -0.4 is 10.1 Å². The summed E-state index contributed by atoms with van der Waals surface area (Å²) in [5.74, 6) is 0.658. The number of nitrogens with one attached hydrogen (secondary N) is 1. The third-order valence-corrected chi connectivity index (χ3v) is 3.34. The Hall–Kier alpha value is -1.17. The van der Waals surface area contributed by atoms with Crippen molar-refractivity contribution >= 4 is 0 Å². The number of methoxy groups -OCH3 is 1. The van der Waals surface area contributed by atoms with Gasteiger partial charge in [-0.3, -0.25) is 4.90 Å². The van der Waals surface area contributed by atoms with E-state index in [1.54, 1.807) is 7.11 Å². The zero-order valence-corrected chi connectivity index (χ0v) is 11.8. The summed E-state index contributed by atoms with van der Waals surface area (Å²) in [5, 5.41) is 3.40. The number of hydrogen-bond donors (Lipinski definition) is 1. The number of ether oxygens (including phenoxy) is 2. The summed E-state index contributed by atoms with van der Waals surface area (Å²) in [6, 6.07) is 5.81. The van der Waals surface area contributed by atoms with E-state index in [4.69, 9.17) is 9.47 Å². The Kier molecular flexibility index (Phi) is 5.57. The predicted molar refractivity (Wildman–Crippen MR) is 74.3 cm³/mol. The summed E-state index contributed by atoms with van der Waals surface area (Å²) >= 11 is 0. The summed E-state index contributed by atoms with van der Waals surface area (Å²) in [5.41, 5.74) is 0.988. The highest BCUT2D eigenvalue weighted by Gasteiger charge is 2.18. The monoisotopic (exact) mass is 265 g/mol. The Labute approximate surface area is 114 Å². The molecule has 2 rings (SSSR count). The number of hydrogen-bond acceptors (Lipinski definition) is 5. The van der Waals surface area contributed by atoms with E-state index in [0.29, 0.717) is 5.88 Å². The van der Waals surface area contributed by atoms with Crippen molar-refractivity contribution in [1.82, 2.24) is 15.2 Å². The summed E-state index contributed by atoms with van der Waals surface area (Å²) in [6.45, 7) is 7.77. The quantitative estimate of drug-likeness (QED) is 0.828. The number of aromatic nitrogens is 1. The maximum Gasteiger partial charge on any atom is 0.213 e. The minimum absolute atomic E-state index is 0.277. The highest BCUT2D eigenvalue weighted by molar-refractivity contribution is 5.15. The summed E-state index contributed by atoms with van der Waals surface area (Å²) < 4.78 is 10.9. The molecule has 0 bridgehead atoms. The first-order chi connectivity index (χ1) is 9.31. The van der Waals surface area contributed by atoms with Crippen LogP contribution in [-0.2, 0) is 11.3 Å². The van der Waals surface area contributed by atoms with Crippen molar-refractivity contribution < 1.29 is 9.47 Å². The largest absolute Gasteiger partial charge is 0.481 e. The third-order valence-electron chi connectivity index (χ3n) is 3.34. The van der Waals surface area contributed by atoms with Crippen molar-refractivity contribution in [3.63, 3.8) is 0 Å². The van der Waals surface area contributed by atoms with Crippen LogP contribution in [0.25, 0.3) is 0 Å². The van der Waals surface area contributed by atoms with Crippen molar-refractivity contribution in [2.75, 3.05) is 39.9 Å². The lowest BCUT2D eigenvalue weighted by atomic mass is 10.2. The lowest BCUT2D eigenvalue weighted by Crippen LogP contribution is -2.46. The maximum atomic E-state index is 5.74. The fourth-order valence-corrected chi connectivity index (χ4v) is 2.22. The topological polar surface area (TPSA) is 46.6 Å². The number of nitrogens with zero attached hydrogens (tertiary/aromatic N) is 2. The number of rotatable bonds is 6. The van der Waals surface area contributed by atoms with Gasteiger partial charge >= 0.3 is 0 Å². The number of morpholine rings is 1. The molecule has 0 spiro atoms. The second kappa shape index (κ2) is 7.43. The van der Waals surface area contributed by atoms with Gasteiger partial charge in [-0.1, -0.05) is 13.0 Å². The van der Waals surface area contributed by atoms with Crippen LogP contribution in [0.3, 0.4) is 0 Å². The molecule has 1 atom stereocenters. The van der Waals surface area contributed by atoms with Crippen LogP contribution in [0.4, 0.5) is 0 Å². The molecule has 0 aromatic carbocycles. The van der Waals surface area contributed by atoms with E-state index in [-0.39, 0.29) is 6.10 Å². The first-order valence-electron chi connectivity index (χ1n) is 6.86. The zero-order valence-electron chi connectivity index (χ0n) is 11.8. The Morgan fingerprint density at radius 1 is 1.53 bits per heavy atom. The van der Waals surface area contributed by atoms with E-state index >= 15 is 0 Å². The summed E-state index contributed by atoms with van der Waals surface area (Å²) in [7, 11) is 1.63. The molecule has 1 fully saturated rings. The number of pyridine rings is 1. The maximum absolute atomic E-state index is 5.74. The molecule has 19 heavy (non-hydrogen) atoms. The van der Waals surface area contributed by atoms with E-state index in [2.05, 4.69) is 22.1 Å². The second-order valence-corrected chi connectivity index (χ2v) is 4.69. The van der Waals surface area contributed by atoms with E-state index in [9.17, 15) is 0 Å². The molecule has 1 aliphatic rings. The van der Waals surface area contributed by atoms with E-state index in [1.165, 1.54) is 0 Å². The van der Waals surface area contributed by atoms with Gasteiger partial charge < -0.3 is 14.8 Å². The second-order valence-electron chi connectivity index (χ2n) is 4.69. The van der Waals surface area contributed by atoms with Crippen molar-refractivity contribution in [2.45, 2.75) is 19.6 Å². The average Bonchev–Trinajstić information content (AvgIpc) is 2.48. The molecule has 1 saturated heterocycles. The molecule has 0 aliphatic carbocycles. The first kappa shape index (κ1) is 14.2. The molecule has 1 aromatic rings. The fraction of sp³-hybridized carbons (Fsp3) is 0.643. The third kappa shape index (κ3) is 4.45. The van der Waals surface area contributed by atoms with E-state index < -0.39 is 0 Å². The smallest absolute Gasteiger partial charge is 0.213 e. The van der Waals surface area contributed by atoms with Crippen molar-refractivity contribution in [1.29, 1.82) is 0 Å². The van der Waals surface area contributed by atoms with Gasteiger partial charge in [0, 0.05) is 32.2 Å². The van der Waals surface area contributed by atoms with Gasteiger partial charge in [0.15, 0.2) is 0 Å². The van der Waals surface area contributed by atoms with Gasteiger partial charge in [-0.2, -0.15) is 0 Å². The lowest BCUT2D eigenvalue weighted by Gasteiger charge is -2.32. The standard InChI is InChI=1S/C14H23N3O2/c1-3-17-7-8-19-13(11-17)10-15-9-12-5-4-6-14(16-12)18-2/h4-6,13,15H,3,7-11H2,1-2H3. The number of likely N-dealkylation sites (N-methyl/N-ethyl adjacent to an activating group) is 1. The Balaban J connectivity index is 1.73. The van der Waals surface area contributed by atoms with Crippen LogP contribution in [0, 0.1) is 0 Å². The highest BCUT2D eigenvalue weighted by Crippen LogP contribution is 2.07. The molecule has 5 nitrogen and oxygen atoms in total. The predicted octanol–water partition coefficient (Wildman–Crippen LogP) is 0.900. The Morgan fingerprint density at radius 2 is 2.42 bits per heavy atom. The van der Waals surface area contributed by atoms with Crippen molar-refractivity contribution in [3.8, 4) is 5.88 Å². The lowest BCUT2D eigenvalue weighted by molar-refractivity contribution is -0.0254. The SMILES string of the molecule is CCN1CCOC(CNCc2cccc(OC)n2)C1. The molecule has 1 N–H and O–H groups in total. The van der Waals surface area contributed by atoms with Gasteiger partial charge in [0.1, 0.15) is 0 Å². The highest BCUT2D eigenvalue weighted by atomic mass is 16.5. The molecule has 106 valence electrons. The molecular formula is C14H23N3O2. The molecule has 0 radical (unpaired) electrons. The van der Waals surface area contributed by atoms with Crippen LogP contribution in [0.5, 0.6) is 5.88 Å². The Bertz CT molecular complexity index is 387. The van der Waals surface area contributed by atoms with Crippen LogP contribution in [0.2, 0.25) is 0 Å². The molecule has 5 heteroatoms. The van der Waals surface area contributed by atoms with Gasteiger partial charge in [-0.15, -0.1) is 0 Å². The van der Waals surface area contributed by atoms with Gasteiger partial charge in [-0.05, 0) is 12.6 Å². The molecule has 0 amide bonds. The zero-order chi connectivity index (χ0) is 13.5. The summed E-state index contributed by atoms with van der Waals surface area (Å²) in [6.07, 6.45) is 0.277. The van der Waals surface area contributed by atoms with Crippen LogP contribution in [0.1, 0.15) is 12.6 Å². The molecule has 0 saturated carbocycles. The minimum atomic E-state index is 0.277. The molecule has 1 aliphatic heterocycles. The van der Waals surface area contributed by atoms with Gasteiger partial charge in [0.2, 0.25) is 5.88 Å². The van der Waals surface area contributed by atoms with E-state index in [1.807, 2.05) is 18.2 Å². The minimum Gasteiger partial charge on any atom is -0.481 e. The normalized spacial score (nSPS) is 20.4. The average molecular weight is 265 g/mol. The first-order valence-corrected chi connectivity index (χ1v) is 6.86. The van der Waals surface area contributed by atoms with Gasteiger partial charge in [0.25, 0.3) is 0 Å². The van der Waals surface area contributed by atoms with Crippen molar-refractivity contribution in [3.05, 3.63) is 23.9 Å². The molecular weight excluding hydrogens is 242 g/mol. The summed E-state index contributed by atoms with van der Waals surface area (Å²) in [4.78, 5) is 6.79. The molecule has 1 aromatic heterocycles. The fourth-order valence-electron chi connectivity index (χ4n) is 2.22. The van der Waals surface area contributed by atoms with Crippen molar-refractivity contribution in [2.24, 2.45) is 0 Å². The molecule has 2 heterocycles. The van der Waals surface area contributed by atoms with E-state index in [0.717, 1.165) is 45.0 Å². The van der Waals surface area contributed by atoms with Crippen LogP contribution in [-0.4, -0.2) is 55.9 Å².